The molecule has 100 valence electrons. The number of nitrogens with zero attached hydrogens (tertiary/aromatic N) is 2. The van der Waals surface area contributed by atoms with Crippen molar-refractivity contribution in [3.63, 3.8) is 0 Å². The predicted molar refractivity (Wildman–Crippen MR) is 76.6 cm³/mol. The van der Waals surface area contributed by atoms with Gasteiger partial charge in [-0.2, -0.15) is 0 Å². The van der Waals surface area contributed by atoms with Crippen LogP contribution in [0.4, 0.5) is 11.4 Å². The Morgan fingerprint density at radius 2 is 1.80 bits per heavy atom. The lowest BCUT2D eigenvalue weighted by Crippen LogP contribution is -2.20. The molecule has 0 radical (unpaired) electrons. The van der Waals surface area contributed by atoms with Crippen LogP contribution in [0.25, 0.3) is 5.57 Å². The molecule has 6 heteroatoms. The maximum absolute atomic E-state index is 11.8. The van der Waals surface area contributed by atoms with Crippen molar-refractivity contribution in [1.82, 2.24) is 9.97 Å². The Labute approximate surface area is 115 Å². The number of benzene rings is 1. The van der Waals surface area contributed by atoms with E-state index in [2.05, 4.69) is 20.6 Å². The van der Waals surface area contributed by atoms with Crippen molar-refractivity contribution in [3.05, 3.63) is 53.9 Å². The summed E-state index contributed by atoms with van der Waals surface area (Å²) in [5, 5.41) is 6.24. The highest BCUT2D eigenvalue weighted by atomic mass is 16.1. The number of primary amides is 1. The zero-order valence-electron chi connectivity index (χ0n) is 10.8. The van der Waals surface area contributed by atoms with Crippen molar-refractivity contribution in [2.45, 2.75) is 6.92 Å². The lowest BCUT2D eigenvalue weighted by molar-refractivity contribution is -0.112. The quantitative estimate of drug-likeness (QED) is 0.717. The summed E-state index contributed by atoms with van der Waals surface area (Å²) >= 11 is 0. The molecule has 4 N–H and O–H groups in total. The van der Waals surface area contributed by atoms with E-state index >= 15 is 0 Å². The average molecular weight is 267 g/mol. The average Bonchev–Trinajstić information content (AvgIpc) is 2.81. The van der Waals surface area contributed by atoms with Gasteiger partial charge >= 0.3 is 0 Å². The first-order valence-electron chi connectivity index (χ1n) is 6.12. The summed E-state index contributed by atoms with van der Waals surface area (Å²) in [6.45, 7) is 1.83. The number of nitrogens with one attached hydrogen (secondary N) is 2. The van der Waals surface area contributed by atoms with E-state index in [-0.39, 0.29) is 5.57 Å². The summed E-state index contributed by atoms with van der Waals surface area (Å²) in [6, 6.07) is 9.39. The molecular formula is C14H13N5O. The third kappa shape index (κ3) is 2.07. The molecule has 20 heavy (non-hydrogen) atoms. The third-order valence-corrected chi connectivity index (χ3v) is 2.96. The van der Waals surface area contributed by atoms with Crippen LogP contribution in [0.3, 0.4) is 0 Å². The van der Waals surface area contributed by atoms with E-state index in [0.717, 1.165) is 17.1 Å². The van der Waals surface area contributed by atoms with Gasteiger partial charge in [-0.05, 0) is 25.1 Å². The second-order valence-electron chi connectivity index (χ2n) is 4.43. The Hall–Kier alpha value is -2.89. The molecule has 0 spiro atoms. The minimum absolute atomic E-state index is 0.241. The molecule has 1 aliphatic heterocycles. The molecule has 0 saturated heterocycles. The van der Waals surface area contributed by atoms with Crippen LogP contribution in [-0.2, 0) is 4.79 Å². The summed E-state index contributed by atoms with van der Waals surface area (Å²) in [5.41, 5.74) is 8.25. The Kier molecular flexibility index (Phi) is 2.83. The highest BCUT2D eigenvalue weighted by Crippen LogP contribution is 2.32. The maximum Gasteiger partial charge on any atom is 0.256 e. The fourth-order valence-corrected chi connectivity index (χ4v) is 2.04. The Morgan fingerprint density at radius 3 is 2.35 bits per heavy atom. The first-order valence-corrected chi connectivity index (χ1v) is 6.12. The summed E-state index contributed by atoms with van der Waals surface area (Å²) < 4.78 is 0. The van der Waals surface area contributed by atoms with Crippen LogP contribution in [0.2, 0.25) is 0 Å². The first kappa shape index (κ1) is 12.2. The maximum atomic E-state index is 11.8. The minimum atomic E-state index is -0.585. The molecule has 2 aromatic rings. The van der Waals surface area contributed by atoms with Crippen LogP contribution in [0, 0.1) is 6.92 Å². The van der Waals surface area contributed by atoms with Gasteiger partial charge < -0.3 is 16.4 Å². The molecule has 0 unspecified atom stereocenters. The molecule has 1 aromatic carbocycles. The number of carbonyl (C=O) groups excluding carboxylic acids is 1. The second kappa shape index (κ2) is 4.65. The fourth-order valence-electron chi connectivity index (χ4n) is 2.04. The molecule has 6 nitrogen and oxygen atoms in total. The molecule has 1 aliphatic rings. The van der Waals surface area contributed by atoms with Gasteiger partial charge in [0.15, 0.2) is 5.82 Å². The monoisotopic (exact) mass is 267 g/mol. The summed E-state index contributed by atoms with van der Waals surface area (Å²) in [5.74, 6) is 0.225. The van der Waals surface area contributed by atoms with Crippen LogP contribution < -0.4 is 16.4 Å². The van der Waals surface area contributed by atoms with E-state index in [1.807, 2.05) is 31.2 Å². The van der Waals surface area contributed by atoms with Crippen molar-refractivity contribution in [3.8, 4) is 0 Å². The highest BCUT2D eigenvalue weighted by Gasteiger charge is 2.23. The lowest BCUT2D eigenvalue weighted by atomic mass is 10.2. The van der Waals surface area contributed by atoms with Gasteiger partial charge in [0.05, 0.1) is 11.4 Å². The van der Waals surface area contributed by atoms with Crippen molar-refractivity contribution in [2.75, 3.05) is 10.6 Å². The number of anilines is 2. The number of rotatable bonds is 2. The standard InChI is InChI=1S/C14H13N5O/c1-8-6-7-16-13(17-8)11(12(15)20)14-18-9-4-2-3-5-10(9)19-14/h2-7,18-19H,1H3,(H2,15,20). The third-order valence-electron chi connectivity index (χ3n) is 2.96. The van der Waals surface area contributed by atoms with E-state index in [0.29, 0.717) is 11.6 Å². The van der Waals surface area contributed by atoms with Gasteiger partial charge in [-0.15, -0.1) is 0 Å². The van der Waals surface area contributed by atoms with Crippen LogP contribution in [0.5, 0.6) is 0 Å². The van der Waals surface area contributed by atoms with E-state index in [1.165, 1.54) is 0 Å². The van der Waals surface area contributed by atoms with E-state index in [4.69, 9.17) is 5.73 Å². The molecule has 0 saturated carbocycles. The molecule has 3 rings (SSSR count). The lowest BCUT2D eigenvalue weighted by Gasteiger charge is -2.08. The van der Waals surface area contributed by atoms with E-state index < -0.39 is 5.91 Å². The topological polar surface area (TPSA) is 92.9 Å². The molecule has 0 fully saturated rings. The molecule has 1 amide bonds. The van der Waals surface area contributed by atoms with Gasteiger partial charge in [-0.3, -0.25) is 4.79 Å². The number of carbonyl (C=O) groups is 1. The number of para-hydroxylation sites is 2. The minimum Gasteiger partial charge on any atom is -0.365 e. The van der Waals surface area contributed by atoms with E-state index in [1.54, 1.807) is 12.3 Å². The van der Waals surface area contributed by atoms with Crippen molar-refractivity contribution < 1.29 is 4.79 Å². The molecule has 0 bridgehead atoms. The second-order valence-corrected chi connectivity index (χ2v) is 4.43. The number of fused-ring (bicyclic) bond motifs is 1. The van der Waals surface area contributed by atoms with E-state index in [9.17, 15) is 4.79 Å². The number of hydrogen-bond donors (Lipinski definition) is 3. The summed E-state index contributed by atoms with van der Waals surface area (Å²) in [7, 11) is 0. The number of aryl methyl sites for hydroxylation is 1. The molecule has 2 heterocycles. The van der Waals surface area contributed by atoms with Gasteiger partial charge in [-0.25, -0.2) is 9.97 Å². The summed E-state index contributed by atoms with van der Waals surface area (Å²) in [6.07, 6.45) is 1.60. The van der Waals surface area contributed by atoms with Gasteiger partial charge in [-0.1, -0.05) is 12.1 Å². The molecular weight excluding hydrogens is 254 g/mol. The predicted octanol–water partition coefficient (Wildman–Crippen LogP) is 1.48. The highest BCUT2D eigenvalue weighted by molar-refractivity contribution is 6.20. The fraction of sp³-hybridized carbons (Fsp3) is 0.0714. The van der Waals surface area contributed by atoms with Crippen molar-refractivity contribution in [1.29, 1.82) is 0 Å². The smallest absolute Gasteiger partial charge is 0.256 e. The zero-order valence-corrected chi connectivity index (χ0v) is 10.8. The molecule has 1 aromatic heterocycles. The number of hydrogen-bond acceptors (Lipinski definition) is 5. The van der Waals surface area contributed by atoms with Crippen LogP contribution >= 0.6 is 0 Å². The van der Waals surface area contributed by atoms with Crippen molar-refractivity contribution in [2.24, 2.45) is 5.73 Å². The van der Waals surface area contributed by atoms with Crippen LogP contribution in [-0.4, -0.2) is 15.9 Å². The van der Waals surface area contributed by atoms with Gasteiger partial charge in [0.1, 0.15) is 11.4 Å². The Morgan fingerprint density at radius 1 is 1.15 bits per heavy atom. The normalized spacial score (nSPS) is 12.3. The largest absolute Gasteiger partial charge is 0.365 e. The summed E-state index contributed by atoms with van der Waals surface area (Å²) in [4.78, 5) is 20.1. The first-order chi connectivity index (χ1) is 9.65. The van der Waals surface area contributed by atoms with Gasteiger partial charge in [0.2, 0.25) is 0 Å². The zero-order chi connectivity index (χ0) is 14.1. The van der Waals surface area contributed by atoms with Crippen LogP contribution in [0.15, 0.2) is 42.3 Å². The van der Waals surface area contributed by atoms with Gasteiger partial charge in [0, 0.05) is 11.9 Å². The Balaban J connectivity index is 2.09. The van der Waals surface area contributed by atoms with Gasteiger partial charge in [0.25, 0.3) is 5.91 Å². The van der Waals surface area contributed by atoms with Crippen molar-refractivity contribution >= 4 is 22.9 Å². The SMILES string of the molecule is Cc1ccnc(C(C(N)=O)=C2Nc3ccccc3N2)n1. The molecule has 0 atom stereocenters. The number of aromatic nitrogens is 2. The number of amides is 1. The Bertz CT molecular complexity index is 696. The number of nitrogens with two attached hydrogens (primary N) is 1. The molecule has 0 aliphatic carbocycles. The van der Waals surface area contributed by atoms with Crippen LogP contribution in [0.1, 0.15) is 11.5 Å².